The third kappa shape index (κ3) is 6.40. The van der Waals surface area contributed by atoms with Gasteiger partial charge in [0.25, 0.3) is 5.69 Å². The summed E-state index contributed by atoms with van der Waals surface area (Å²) in [4.78, 5) is 12.1. The SMILES string of the molecule is [C-]#[N+]c1cc(C#N)c(C#N)[c-]c1-c1ncccc1-c1ccccc1.[Ir].[c-]1ccccc1-c1ccccn1. The number of rotatable bonds is 3. The fourth-order valence-electron chi connectivity index (χ4n) is 3.51. The van der Waals surface area contributed by atoms with Gasteiger partial charge >= 0.3 is 0 Å². The molecule has 0 aliphatic carbocycles. The van der Waals surface area contributed by atoms with E-state index in [2.05, 4.69) is 26.9 Å². The van der Waals surface area contributed by atoms with E-state index < -0.39 is 0 Å². The van der Waals surface area contributed by atoms with E-state index in [1.54, 1.807) is 12.4 Å². The van der Waals surface area contributed by atoms with E-state index in [9.17, 15) is 5.26 Å². The third-order valence-electron chi connectivity index (χ3n) is 5.19. The average Bonchev–Trinajstić information content (AvgIpc) is 2.98. The molecule has 0 bridgehead atoms. The van der Waals surface area contributed by atoms with Gasteiger partial charge in [-0.15, -0.1) is 35.9 Å². The predicted molar refractivity (Wildman–Crippen MR) is 138 cm³/mol. The van der Waals surface area contributed by atoms with Crippen molar-refractivity contribution >= 4 is 5.69 Å². The summed E-state index contributed by atoms with van der Waals surface area (Å²) in [5.41, 5.74) is 5.31. The van der Waals surface area contributed by atoms with E-state index in [0.29, 0.717) is 11.3 Å². The molecule has 0 saturated heterocycles. The van der Waals surface area contributed by atoms with Crippen LogP contribution in [0.1, 0.15) is 11.1 Å². The van der Waals surface area contributed by atoms with Crippen molar-refractivity contribution in [3.63, 3.8) is 0 Å². The first kappa shape index (κ1) is 26.7. The molecule has 6 heteroatoms. The second-order valence-corrected chi connectivity index (χ2v) is 7.41. The summed E-state index contributed by atoms with van der Waals surface area (Å²) in [6.07, 6.45) is 3.42. The predicted octanol–water partition coefficient (Wildman–Crippen LogP) is 7.06. The molecule has 0 atom stereocenters. The van der Waals surface area contributed by atoms with Gasteiger partial charge in [-0.2, -0.15) is 4.85 Å². The number of nitriles is 2. The van der Waals surface area contributed by atoms with Crippen LogP contribution in [0.4, 0.5) is 5.69 Å². The zero-order valence-corrected chi connectivity index (χ0v) is 21.8. The summed E-state index contributed by atoms with van der Waals surface area (Å²) in [7, 11) is 0. The van der Waals surface area contributed by atoms with E-state index in [1.807, 2.05) is 97.1 Å². The molecule has 0 spiro atoms. The molecule has 5 aromatic rings. The monoisotopic (exact) mass is 652 g/mol. The Kier molecular flexibility index (Phi) is 9.55. The summed E-state index contributed by atoms with van der Waals surface area (Å²) in [6, 6.07) is 38.4. The molecule has 1 radical (unpaired) electrons. The van der Waals surface area contributed by atoms with Gasteiger partial charge in [0.15, 0.2) is 0 Å². The van der Waals surface area contributed by atoms with Crippen LogP contribution in [0.25, 0.3) is 38.5 Å². The Morgan fingerprint density at radius 2 is 1.57 bits per heavy atom. The zero-order valence-electron chi connectivity index (χ0n) is 19.4. The number of benzene rings is 3. The first-order valence-electron chi connectivity index (χ1n) is 10.9. The van der Waals surface area contributed by atoms with E-state index in [4.69, 9.17) is 11.8 Å². The quantitative estimate of drug-likeness (QED) is 0.196. The van der Waals surface area contributed by atoms with Gasteiger partial charge in [0, 0.05) is 43.8 Å². The Hall–Kier alpha value is -4.92. The van der Waals surface area contributed by atoms with Crippen molar-refractivity contribution in [2.75, 3.05) is 0 Å². The molecule has 3 aromatic carbocycles. The smallest absolute Gasteiger partial charge is 0.254 e. The van der Waals surface area contributed by atoms with Gasteiger partial charge in [0.2, 0.25) is 0 Å². The van der Waals surface area contributed by atoms with Gasteiger partial charge in [-0.1, -0.05) is 54.6 Å². The molecule has 0 aliphatic heterocycles. The number of hydrogen-bond acceptors (Lipinski definition) is 4. The first-order chi connectivity index (χ1) is 17.7. The van der Waals surface area contributed by atoms with Crippen molar-refractivity contribution in [3.05, 3.63) is 138 Å². The normalized spacial score (nSPS) is 9.32. The summed E-state index contributed by atoms with van der Waals surface area (Å²) < 4.78 is 0. The van der Waals surface area contributed by atoms with Gasteiger partial charge < -0.3 is 4.98 Å². The van der Waals surface area contributed by atoms with E-state index in [-0.39, 0.29) is 36.9 Å². The standard InChI is InChI=1S/C20H9N4.C11H8N.Ir/c1-23-19-11-16(13-22)15(12-21)10-18(19)20-17(8-5-9-24-20)14-6-3-2-4-7-14;1-2-6-10(7-3-1)11-8-4-5-9-12-11;/h2-9,11H;1-6,8-9H;/q2*-1;. The van der Waals surface area contributed by atoms with Crippen molar-refractivity contribution < 1.29 is 20.1 Å². The first-order valence-corrected chi connectivity index (χ1v) is 10.9. The molecule has 5 nitrogen and oxygen atoms in total. The van der Waals surface area contributed by atoms with E-state index in [1.165, 1.54) is 6.07 Å². The van der Waals surface area contributed by atoms with Crippen LogP contribution in [0.15, 0.2) is 103 Å². The van der Waals surface area contributed by atoms with Gasteiger partial charge in [-0.25, -0.2) is 10.5 Å². The molecule has 0 aliphatic rings. The van der Waals surface area contributed by atoms with Crippen molar-refractivity contribution in [1.82, 2.24) is 9.97 Å². The number of aromatic nitrogens is 2. The summed E-state index contributed by atoms with van der Waals surface area (Å²) in [5.74, 6) is 0. The minimum atomic E-state index is 0. The van der Waals surface area contributed by atoms with Gasteiger partial charge in [-0.05, 0) is 52.2 Å². The minimum absolute atomic E-state index is 0. The molecule has 0 saturated carbocycles. The summed E-state index contributed by atoms with van der Waals surface area (Å²) in [6.45, 7) is 7.39. The Morgan fingerprint density at radius 3 is 2.22 bits per heavy atom. The molecule has 2 heterocycles. The van der Waals surface area contributed by atoms with Crippen molar-refractivity contribution in [2.45, 2.75) is 0 Å². The van der Waals surface area contributed by atoms with E-state index in [0.717, 1.165) is 22.4 Å². The molecule has 37 heavy (non-hydrogen) atoms. The fraction of sp³-hybridized carbons (Fsp3) is 0. The van der Waals surface area contributed by atoms with Gasteiger partial charge in [0.1, 0.15) is 6.57 Å². The maximum Gasteiger partial charge on any atom is 0.254 e. The Labute approximate surface area is 229 Å². The van der Waals surface area contributed by atoms with Crippen LogP contribution in [-0.2, 0) is 20.1 Å². The molecular weight excluding hydrogens is 635 g/mol. The third-order valence-corrected chi connectivity index (χ3v) is 5.19. The van der Waals surface area contributed by atoms with Gasteiger partial charge in [-0.3, -0.25) is 4.98 Å². The second-order valence-electron chi connectivity index (χ2n) is 7.41. The van der Waals surface area contributed by atoms with Crippen molar-refractivity contribution in [1.29, 1.82) is 10.5 Å². The van der Waals surface area contributed by atoms with Crippen LogP contribution in [0, 0.1) is 41.4 Å². The van der Waals surface area contributed by atoms with Crippen LogP contribution in [0.3, 0.4) is 0 Å². The topological polar surface area (TPSA) is 77.7 Å². The summed E-state index contributed by atoms with van der Waals surface area (Å²) >= 11 is 0. The number of hydrogen-bond donors (Lipinski definition) is 0. The molecule has 0 N–H and O–H groups in total. The molecule has 0 amide bonds. The number of pyridine rings is 2. The maximum atomic E-state index is 9.24. The van der Waals surface area contributed by atoms with Crippen molar-refractivity contribution in [2.24, 2.45) is 0 Å². The molecule has 177 valence electrons. The van der Waals surface area contributed by atoms with E-state index >= 15 is 0 Å². The minimum Gasteiger partial charge on any atom is -0.305 e. The Balaban J connectivity index is 0.000000246. The average molecular weight is 652 g/mol. The van der Waals surface area contributed by atoms with Crippen LogP contribution in [-0.4, -0.2) is 9.97 Å². The largest absolute Gasteiger partial charge is 0.305 e. The Morgan fingerprint density at radius 1 is 0.811 bits per heavy atom. The van der Waals surface area contributed by atoms with Crippen LogP contribution in [0.5, 0.6) is 0 Å². The van der Waals surface area contributed by atoms with Crippen LogP contribution >= 0.6 is 0 Å². The molecule has 5 rings (SSSR count). The second kappa shape index (κ2) is 13.2. The molecule has 0 fully saturated rings. The van der Waals surface area contributed by atoms with Gasteiger partial charge in [0.05, 0.1) is 6.07 Å². The van der Waals surface area contributed by atoms with Crippen LogP contribution in [0.2, 0.25) is 0 Å². The molecular formula is C31H17IrN5-2. The fourth-order valence-corrected chi connectivity index (χ4v) is 3.51. The molecule has 0 unspecified atom stereocenters. The van der Waals surface area contributed by atoms with Crippen molar-refractivity contribution in [3.8, 4) is 45.8 Å². The van der Waals surface area contributed by atoms with Crippen LogP contribution < -0.4 is 0 Å². The number of nitrogens with zero attached hydrogens (tertiary/aromatic N) is 5. The Bertz CT molecular complexity index is 1560. The summed E-state index contributed by atoms with van der Waals surface area (Å²) in [5, 5.41) is 18.4. The zero-order chi connectivity index (χ0) is 25.2. The molecule has 2 aromatic heterocycles. The maximum absolute atomic E-state index is 9.24.